The van der Waals surface area contributed by atoms with Crippen molar-refractivity contribution in [2.45, 2.75) is 39.2 Å². The first kappa shape index (κ1) is 17.4. The quantitative estimate of drug-likeness (QED) is 0.723. The summed E-state index contributed by atoms with van der Waals surface area (Å²) in [5.74, 6) is 0.759. The Morgan fingerprint density at radius 3 is 2.89 bits per heavy atom. The SMILES string of the molecule is Cc1nn(-c2ccccc2)c(C)c1CC(=O)Nc1n[nH]c([C@H]2CCCO2)n1. The van der Waals surface area contributed by atoms with Gasteiger partial charge in [-0.2, -0.15) is 10.1 Å². The number of nitrogens with zero attached hydrogens (tertiary/aromatic N) is 4. The number of rotatable bonds is 5. The Labute approximate surface area is 157 Å². The molecule has 1 fully saturated rings. The predicted octanol–water partition coefficient (Wildman–Crippen LogP) is 2.64. The molecule has 8 heteroatoms. The number of ether oxygens (including phenoxy) is 1. The van der Waals surface area contributed by atoms with Crippen LogP contribution in [0.5, 0.6) is 0 Å². The van der Waals surface area contributed by atoms with Gasteiger partial charge in [0, 0.05) is 17.9 Å². The van der Waals surface area contributed by atoms with Gasteiger partial charge >= 0.3 is 0 Å². The molecule has 1 amide bonds. The van der Waals surface area contributed by atoms with E-state index in [4.69, 9.17) is 4.74 Å². The van der Waals surface area contributed by atoms with E-state index >= 15 is 0 Å². The molecule has 8 nitrogen and oxygen atoms in total. The van der Waals surface area contributed by atoms with Crippen LogP contribution in [0, 0.1) is 13.8 Å². The van der Waals surface area contributed by atoms with Gasteiger partial charge in [-0.3, -0.25) is 15.2 Å². The molecular formula is C19H22N6O2. The van der Waals surface area contributed by atoms with Crippen LogP contribution >= 0.6 is 0 Å². The van der Waals surface area contributed by atoms with E-state index in [2.05, 4.69) is 25.6 Å². The van der Waals surface area contributed by atoms with Gasteiger partial charge in [-0.15, -0.1) is 5.10 Å². The number of carbonyl (C=O) groups is 1. The molecule has 0 spiro atoms. The average Bonchev–Trinajstić information content (AvgIpc) is 3.40. The molecule has 0 saturated carbocycles. The van der Waals surface area contributed by atoms with Gasteiger partial charge in [0.25, 0.3) is 0 Å². The summed E-state index contributed by atoms with van der Waals surface area (Å²) < 4.78 is 7.43. The number of aryl methyl sites for hydroxylation is 1. The minimum atomic E-state index is -0.174. The third-order valence-electron chi connectivity index (χ3n) is 4.77. The van der Waals surface area contributed by atoms with Gasteiger partial charge in [0.05, 0.1) is 17.8 Å². The molecule has 3 heterocycles. The van der Waals surface area contributed by atoms with Crippen molar-refractivity contribution in [3.05, 3.63) is 53.1 Å². The van der Waals surface area contributed by atoms with Crippen molar-refractivity contribution in [1.29, 1.82) is 0 Å². The Morgan fingerprint density at radius 1 is 1.33 bits per heavy atom. The molecule has 27 heavy (non-hydrogen) atoms. The summed E-state index contributed by atoms with van der Waals surface area (Å²) in [6, 6.07) is 9.87. The fourth-order valence-corrected chi connectivity index (χ4v) is 3.35. The Bertz CT molecular complexity index is 941. The van der Waals surface area contributed by atoms with Crippen LogP contribution < -0.4 is 5.32 Å². The average molecular weight is 366 g/mol. The summed E-state index contributed by atoms with van der Waals surface area (Å²) >= 11 is 0. The lowest BCUT2D eigenvalue weighted by atomic mass is 10.1. The Kier molecular flexibility index (Phi) is 4.72. The number of aromatic amines is 1. The van der Waals surface area contributed by atoms with Crippen molar-refractivity contribution in [3.63, 3.8) is 0 Å². The largest absolute Gasteiger partial charge is 0.370 e. The van der Waals surface area contributed by atoms with Gasteiger partial charge < -0.3 is 4.74 Å². The van der Waals surface area contributed by atoms with E-state index in [1.54, 1.807) is 0 Å². The van der Waals surface area contributed by atoms with Crippen molar-refractivity contribution in [3.8, 4) is 5.69 Å². The highest BCUT2D eigenvalue weighted by molar-refractivity contribution is 5.90. The minimum Gasteiger partial charge on any atom is -0.370 e. The molecule has 0 radical (unpaired) electrons. The molecule has 0 unspecified atom stereocenters. The van der Waals surface area contributed by atoms with E-state index in [0.29, 0.717) is 5.82 Å². The van der Waals surface area contributed by atoms with E-state index in [1.165, 1.54) is 0 Å². The Hall–Kier alpha value is -3.00. The lowest BCUT2D eigenvalue weighted by Crippen LogP contribution is -2.16. The van der Waals surface area contributed by atoms with Crippen molar-refractivity contribution in [2.75, 3.05) is 11.9 Å². The summed E-state index contributed by atoms with van der Waals surface area (Å²) in [4.78, 5) is 16.8. The number of para-hydroxylation sites is 1. The van der Waals surface area contributed by atoms with Gasteiger partial charge in [-0.25, -0.2) is 4.68 Å². The molecule has 2 N–H and O–H groups in total. The Morgan fingerprint density at radius 2 is 2.15 bits per heavy atom. The van der Waals surface area contributed by atoms with Crippen LogP contribution in [0.25, 0.3) is 5.69 Å². The highest BCUT2D eigenvalue weighted by atomic mass is 16.5. The number of benzene rings is 1. The summed E-state index contributed by atoms with van der Waals surface area (Å²) in [6.07, 6.45) is 2.09. The lowest BCUT2D eigenvalue weighted by Gasteiger charge is -2.05. The summed E-state index contributed by atoms with van der Waals surface area (Å²) in [5, 5.41) is 14.3. The monoisotopic (exact) mass is 366 g/mol. The fraction of sp³-hybridized carbons (Fsp3) is 0.368. The second kappa shape index (κ2) is 7.32. The van der Waals surface area contributed by atoms with Crippen LogP contribution in [0.4, 0.5) is 5.95 Å². The third-order valence-corrected chi connectivity index (χ3v) is 4.77. The fourth-order valence-electron chi connectivity index (χ4n) is 3.35. The van der Waals surface area contributed by atoms with Crippen LogP contribution in [0.2, 0.25) is 0 Å². The van der Waals surface area contributed by atoms with E-state index in [9.17, 15) is 4.79 Å². The predicted molar refractivity (Wildman–Crippen MR) is 99.7 cm³/mol. The molecule has 0 bridgehead atoms. The van der Waals surface area contributed by atoms with E-state index in [0.717, 1.165) is 42.1 Å². The summed E-state index contributed by atoms with van der Waals surface area (Å²) in [5.41, 5.74) is 3.66. The first-order valence-electron chi connectivity index (χ1n) is 9.06. The zero-order chi connectivity index (χ0) is 18.8. The molecular weight excluding hydrogens is 344 g/mol. The van der Waals surface area contributed by atoms with Gasteiger partial charge in [0.15, 0.2) is 5.82 Å². The van der Waals surface area contributed by atoms with Gasteiger partial charge in [-0.05, 0) is 38.8 Å². The van der Waals surface area contributed by atoms with Crippen LogP contribution in [-0.2, 0) is 16.0 Å². The number of amides is 1. The van der Waals surface area contributed by atoms with Crippen LogP contribution in [-0.4, -0.2) is 37.5 Å². The number of hydrogen-bond acceptors (Lipinski definition) is 5. The maximum absolute atomic E-state index is 12.5. The van der Waals surface area contributed by atoms with E-state index in [1.807, 2.05) is 48.9 Å². The highest BCUT2D eigenvalue weighted by Crippen LogP contribution is 2.26. The molecule has 1 atom stereocenters. The molecule has 2 aromatic heterocycles. The highest BCUT2D eigenvalue weighted by Gasteiger charge is 2.22. The van der Waals surface area contributed by atoms with Gasteiger partial charge in [-0.1, -0.05) is 18.2 Å². The van der Waals surface area contributed by atoms with Crippen molar-refractivity contribution >= 4 is 11.9 Å². The number of aromatic nitrogens is 5. The zero-order valence-electron chi connectivity index (χ0n) is 15.4. The molecule has 1 aromatic carbocycles. The zero-order valence-corrected chi connectivity index (χ0v) is 15.4. The topological polar surface area (TPSA) is 97.7 Å². The van der Waals surface area contributed by atoms with Gasteiger partial charge in [0.1, 0.15) is 6.10 Å². The minimum absolute atomic E-state index is 0.0586. The molecule has 0 aliphatic carbocycles. The second-order valence-electron chi connectivity index (χ2n) is 6.67. The van der Waals surface area contributed by atoms with Crippen molar-refractivity contribution in [1.82, 2.24) is 25.0 Å². The number of carbonyl (C=O) groups excluding carboxylic acids is 1. The summed E-state index contributed by atoms with van der Waals surface area (Å²) in [7, 11) is 0. The number of nitrogens with one attached hydrogen (secondary N) is 2. The second-order valence-corrected chi connectivity index (χ2v) is 6.67. The number of H-pyrrole nitrogens is 1. The van der Waals surface area contributed by atoms with Crippen molar-refractivity contribution < 1.29 is 9.53 Å². The van der Waals surface area contributed by atoms with Crippen LogP contribution in [0.1, 0.15) is 41.7 Å². The maximum atomic E-state index is 12.5. The standard InChI is InChI=1S/C19H22N6O2/c1-12-15(13(2)25(24-12)14-7-4-3-5-8-14)11-17(26)20-19-21-18(22-23-19)16-9-6-10-27-16/h3-5,7-8,16H,6,9-11H2,1-2H3,(H2,20,21,22,23,26)/t16-/m1/s1. The molecule has 1 saturated heterocycles. The number of anilines is 1. The molecule has 4 rings (SSSR count). The third kappa shape index (κ3) is 3.61. The first-order chi connectivity index (χ1) is 13.1. The maximum Gasteiger partial charge on any atom is 0.248 e. The van der Waals surface area contributed by atoms with Crippen molar-refractivity contribution in [2.24, 2.45) is 0 Å². The summed E-state index contributed by atoms with van der Waals surface area (Å²) in [6.45, 7) is 4.62. The molecule has 3 aromatic rings. The smallest absolute Gasteiger partial charge is 0.248 e. The Balaban J connectivity index is 1.46. The molecule has 140 valence electrons. The normalized spacial score (nSPS) is 16.6. The molecule has 1 aliphatic heterocycles. The lowest BCUT2D eigenvalue weighted by molar-refractivity contribution is -0.115. The van der Waals surface area contributed by atoms with Crippen LogP contribution in [0.15, 0.2) is 30.3 Å². The van der Waals surface area contributed by atoms with E-state index < -0.39 is 0 Å². The van der Waals surface area contributed by atoms with Crippen LogP contribution in [0.3, 0.4) is 0 Å². The van der Waals surface area contributed by atoms with Gasteiger partial charge in [0.2, 0.25) is 11.9 Å². The molecule has 1 aliphatic rings. The van der Waals surface area contributed by atoms with E-state index in [-0.39, 0.29) is 24.4 Å². The number of hydrogen-bond donors (Lipinski definition) is 2. The first-order valence-corrected chi connectivity index (χ1v) is 9.06.